The molecule has 0 spiro atoms. The molecule has 1 aliphatic rings. The van der Waals surface area contributed by atoms with Crippen LogP contribution in [0.5, 0.6) is 5.75 Å². The summed E-state index contributed by atoms with van der Waals surface area (Å²) in [6.07, 6.45) is 6.32. The number of hydrogen-bond acceptors (Lipinski definition) is 5. The van der Waals surface area contributed by atoms with Crippen molar-refractivity contribution in [2.24, 2.45) is 5.92 Å². The van der Waals surface area contributed by atoms with Crippen LogP contribution in [0.2, 0.25) is 0 Å². The predicted octanol–water partition coefficient (Wildman–Crippen LogP) is 2.69. The maximum absolute atomic E-state index is 5.54. The molecule has 0 aliphatic carbocycles. The average Bonchev–Trinajstić information content (AvgIpc) is 3.20. The zero-order chi connectivity index (χ0) is 19.8. The normalized spacial score (nSPS) is 18.1. The Morgan fingerprint density at radius 2 is 2.11 bits per heavy atom. The number of likely N-dealkylation sites (N-methyl/N-ethyl adjacent to an activating group) is 1. The number of methoxy groups -OCH3 is 1. The molecule has 1 aliphatic heterocycles. The second-order valence-corrected chi connectivity index (χ2v) is 8.13. The molecule has 0 radical (unpaired) electrons. The lowest BCUT2D eigenvalue weighted by molar-refractivity contribution is 0.118. The first kappa shape index (κ1) is 20.8. The van der Waals surface area contributed by atoms with E-state index in [2.05, 4.69) is 57.0 Å². The van der Waals surface area contributed by atoms with Gasteiger partial charge in [0.25, 0.3) is 0 Å². The summed E-state index contributed by atoms with van der Waals surface area (Å²) in [4.78, 5) is 15.1. The molecule has 3 rings (SSSR count). The quantitative estimate of drug-likeness (QED) is 0.681. The monoisotopic (exact) mass is 385 g/mol. The number of aromatic nitrogens is 2. The highest BCUT2D eigenvalue weighted by molar-refractivity contribution is 5.33. The summed E-state index contributed by atoms with van der Waals surface area (Å²) in [5.41, 5.74) is 1.28. The van der Waals surface area contributed by atoms with E-state index in [9.17, 15) is 0 Å². The topological polar surface area (TPSA) is 47.6 Å². The van der Waals surface area contributed by atoms with E-state index in [1.807, 2.05) is 18.5 Å². The van der Waals surface area contributed by atoms with Crippen molar-refractivity contribution < 1.29 is 4.74 Å². The van der Waals surface area contributed by atoms with Crippen LogP contribution in [0.3, 0.4) is 0 Å². The van der Waals surface area contributed by atoms with Crippen molar-refractivity contribution in [3.8, 4) is 5.75 Å². The summed E-state index contributed by atoms with van der Waals surface area (Å²) in [5, 5.41) is 0. The van der Waals surface area contributed by atoms with Crippen LogP contribution in [0.15, 0.2) is 36.7 Å². The lowest BCUT2D eigenvalue weighted by atomic mass is 9.96. The van der Waals surface area contributed by atoms with Crippen molar-refractivity contribution >= 4 is 0 Å². The third kappa shape index (κ3) is 6.33. The molecule has 0 amide bonds. The van der Waals surface area contributed by atoms with E-state index < -0.39 is 0 Å². The first-order chi connectivity index (χ1) is 13.6. The number of imidazole rings is 1. The van der Waals surface area contributed by atoms with Gasteiger partial charge in [-0.05, 0) is 45.5 Å². The van der Waals surface area contributed by atoms with E-state index in [0.717, 1.165) is 50.8 Å². The van der Waals surface area contributed by atoms with Crippen molar-refractivity contribution in [2.45, 2.75) is 25.9 Å². The molecule has 28 heavy (non-hydrogen) atoms. The number of aromatic amines is 1. The highest BCUT2D eigenvalue weighted by Gasteiger charge is 2.23. The zero-order valence-electron chi connectivity index (χ0n) is 17.6. The Labute approximate surface area is 169 Å². The summed E-state index contributed by atoms with van der Waals surface area (Å²) in [6.45, 7) is 7.44. The molecule has 1 N–H and O–H groups in total. The maximum atomic E-state index is 5.54. The maximum Gasteiger partial charge on any atom is 0.123 e. The first-order valence-electron chi connectivity index (χ1n) is 10.3. The van der Waals surface area contributed by atoms with Gasteiger partial charge in [-0.15, -0.1) is 0 Å². The summed E-state index contributed by atoms with van der Waals surface area (Å²) in [5.74, 6) is 2.75. The van der Waals surface area contributed by atoms with Gasteiger partial charge in [-0.25, -0.2) is 4.98 Å². The minimum Gasteiger partial charge on any atom is -0.496 e. The molecule has 1 aromatic carbocycles. The molecule has 2 aromatic rings. The third-order valence-corrected chi connectivity index (χ3v) is 5.50. The number of benzene rings is 1. The summed E-state index contributed by atoms with van der Waals surface area (Å²) >= 11 is 0. The van der Waals surface area contributed by atoms with Crippen molar-refractivity contribution in [1.82, 2.24) is 24.7 Å². The van der Waals surface area contributed by atoms with Gasteiger partial charge in [0.1, 0.15) is 11.6 Å². The Morgan fingerprint density at radius 3 is 2.86 bits per heavy atom. The van der Waals surface area contributed by atoms with Crippen LogP contribution in [0.1, 0.15) is 24.2 Å². The standard InChI is InChI=1S/C22H35N5O/c1-25(2)13-14-27(18-22-23-10-11-24-22)16-19-7-6-12-26(15-19)17-20-8-4-5-9-21(20)28-3/h4-5,8-11,19H,6-7,12-18H2,1-3H3,(H,23,24). The summed E-state index contributed by atoms with van der Waals surface area (Å²) in [7, 11) is 6.04. The number of nitrogens with zero attached hydrogens (tertiary/aromatic N) is 4. The number of rotatable bonds is 10. The second kappa shape index (κ2) is 10.6. The fraction of sp³-hybridized carbons (Fsp3) is 0.591. The average molecular weight is 386 g/mol. The largest absolute Gasteiger partial charge is 0.496 e. The summed E-state index contributed by atoms with van der Waals surface area (Å²) < 4.78 is 5.54. The SMILES string of the molecule is COc1ccccc1CN1CCCC(CN(CCN(C)C)Cc2ncc[nH]2)C1. The minimum atomic E-state index is 0.695. The van der Waals surface area contributed by atoms with E-state index in [0.29, 0.717) is 5.92 Å². The summed E-state index contributed by atoms with van der Waals surface area (Å²) in [6, 6.07) is 8.38. The number of H-pyrrole nitrogens is 1. The number of hydrogen-bond donors (Lipinski definition) is 1. The van der Waals surface area contributed by atoms with Gasteiger partial charge in [-0.1, -0.05) is 18.2 Å². The van der Waals surface area contributed by atoms with Crippen LogP contribution in [0.25, 0.3) is 0 Å². The van der Waals surface area contributed by atoms with Crippen molar-refractivity contribution in [1.29, 1.82) is 0 Å². The number of nitrogens with one attached hydrogen (secondary N) is 1. The molecule has 1 aromatic heterocycles. The molecule has 1 fully saturated rings. The molecule has 6 nitrogen and oxygen atoms in total. The number of para-hydroxylation sites is 1. The molecule has 2 heterocycles. The van der Waals surface area contributed by atoms with Crippen molar-refractivity contribution in [3.05, 3.63) is 48.0 Å². The van der Waals surface area contributed by atoms with Crippen molar-refractivity contribution in [3.63, 3.8) is 0 Å². The Balaban J connectivity index is 1.57. The van der Waals surface area contributed by atoms with E-state index in [-0.39, 0.29) is 0 Å². The van der Waals surface area contributed by atoms with E-state index in [4.69, 9.17) is 4.74 Å². The Kier molecular flexibility index (Phi) is 7.89. The molecule has 0 bridgehead atoms. The molecular weight excluding hydrogens is 350 g/mol. The molecular formula is C22H35N5O. The fourth-order valence-electron chi connectivity index (χ4n) is 4.06. The molecule has 1 saturated heterocycles. The fourth-order valence-corrected chi connectivity index (χ4v) is 4.06. The smallest absolute Gasteiger partial charge is 0.123 e. The van der Waals surface area contributed by atoms with Gasteiger partial charge in [0.2, 0.25) is 0 Å². The Bertz CT molecular complexity index is 688. The highest BCUT2D eigenvalue weighted by Crippen LogP contribution is 2.24. The number of piperidine rings is 1. The van der Waals surface area contributed by atoms with Crippen LogP contribution >= 0.6 is 0 Å². The lowest BCUT2D eigenvalue weighted by Crippen LogP contribution is -2.42. The van der Waals surface area contributed by atoms with Crippen LogP contribution in [-0.2, 0) is 13.1 Å². The molecule has 6 heteroatoms. The molecule has 1 atom stereocenters. The van der Waals surface area contributed by atoms with Gasteiger partial charge in [0.05, 0.1) is 13.7 Å². The lowest BCUT2D eigenvalue weighted by Gasteiger charge is -2.36. The van der Waals surface area contributed by atoms with Crippen LogP contribution in [-0.4, -0.2) is 78.6 Å². The van der Waals surface area contributed by atoms with Crippen LogP contribution in [0, 0.1) is 5.92 Å². The molecule has 0 saturated carbocycles. The van der Waals surface area contributed by atoms with Gasteiger partial charge in [0.15, 0.2) is 0 Å². The minimum absolute atomic E-state index is 0.695. The zero-order valence-corrected chi connectivity index (χ0v) is 17.6. The second-order valence-electron chi connectivity index (χ2n) is 8.13. The number of ether oxygens (including phenoxy) is 1. The predicted molar refractivity (Wildman–Crippen MR) is 113 cm³/mol. The molecule has 1 unspecified atom stereocenters. The van der Waals surface area contributed by atoms with Crippen molar-refractivity contribution in [2.75, 3.05) is 53.9 Å². The molecule has 154 valence electrons. The van der Waals surface area contributed by atoms with E-state index in [1.54, 1.807) is 7.11 Å². The van der Waals surface area contributed by atoms with Gasteiger partial charge in [0, 0.05) is 50.7 Å². The van der Waals surface area contributed by atoms with Crippen LogP contribution < -0.4 is 4.74 Å². The van der Waals surface area contributed by atoms with Gasteiger partial charge in [-0.2, -0.15) is 0 Å². The van der Waals surface area contributed by atoms with Gasteiger partial charge < -0.3 is 14.6 Å². The van der Waals surface area contributed by atoms with E-state index >= 15 is 0 Å². The number of likely N-dealkylation sites (tertiary alicyclic amines) is 1. The highest BCUT2D eigenvalue weighted by atomic mass is 16.5. The Hall–Kier alpha value is -1.89. The first-order valence-corrected chi connectivity index (χ1v) is 10.3. The van der Waals surface area contributed by atoms with E-state index in [1.165, 1.54) is 24.9 Å². The van der Waals surface area contributed by atoms with Gasteiger partial charge >= 0.3 is 0 Å². The van der Waals surface area contributed by atoms with Gasteiger partial charge in [-0.3, -0.25) is 9.80 Å². The van der Waals surface area contributed by atoms with Crippen LogP contribution in [0.4, 0.5) is 0 Å². The third-order valence-electron chi connectivity index (χ3n) is 5.50. The Morgan fingerprint density at radius 1 is 1.25 bits per heavy atom.